The lowest BCUT2D eigenvalue weighted by Crippen LogP contribution is -2.17. The minimum atomic E-state index is 0.130. The summed E-state index contributed by atoms with van der Waals surface area (Å²) in [5, 5.41) is 8.74. The van der Waals surface area contributed by atoms with Crippen LogP contribution in [0.5, 0.6) is 11.5 Å². The lowest BCUT2D eigenvalue weighted by atomic mass is 10.1. The molecule has 2 aromatic carbocycles. The number of rotatable bonds is 4. The highest BCUT2D eigenvalue weighted by atomic mass is 16.5. The Bertz CT molecular complexity index is 582. The normalized spacial score (nSPS) is 11.6. The number of nitriles is 1. The summed E-state index contributed by atoms with van der Waals surface area (Å²) in [4.78, 5) is 0. The van der Waals surface area contributed by atoms with Gasteiger partial charge in [0.05, 0.1) is 11.6 Å². The maximum Gasteiger partial charge on any atom is 0.127 e. The van der Waals surface area contributed by atoms with E-state index in [9.17, 15) is 0 Å². The first-order valence-electron chi connectivity index (χ1n) is 6.20. The zero-order chi connectivity index (χ0) is 13.7. The van der Waals surface area contributed by atoms with Crippen LogP contribution in [-0.2, 0) is 6.42 Å². The van der Waals surface area contributed by atoms with Crippen LogP contribution in [-0.4, -0.2) is 6.04 Å². The van der Waals surface area contributed by atoms with Crippen LogP contribution in [0.15, 0.2) is 48.5 Å². The third-order valence-corrected chi connectivity index (χ3v) is 2.68. The van der Waals surface area contributed by atoms with E-state index in [2.05, 4.69) is 6.07 Å². The maximum atomic E-state index is 8.74. The molecule has 0 heterocycles. The van der Waals surface area contributed by atoms with Gasteiger partial charge in [-0.3, -0.25) is 0 Å². The van der Waals surface area contributed by atoms with Crippen LogP contribution in [0, 0.1) is 11.3 Å². The molecule has 2 N–H and O–H groups in total. The van der Waals surface area contributed by atoms with E-state index in [1.807, 2.05) is 31.2 Å². The molecule has 2 rings (SSSR count). The van der Waals surface area contributed by atoms with Gasteiger partial charge in [-0.2, -0.15) is 5.26 Å². The number of nitrogens with zero attached hydrogens (tertiary/aromatic N) is 1. The minimum Gasteiger partial charge on any atom is -0.457 e. The van der Waals surface area contributed by atoms with Crippen molar-refractivity contribution in [2.75, 3.05) is 0 Å². The molecule has 2 aromatic rings. The number of hydrogen-bond donors (Lipinski definition) is 1. The number of benzene rings is 2. The Balaban J connectivity index is 2.11. The molecule has 3 heteroatoms. The van der Waals surface area contributed by atoms with Crippen molar-refractivity contribution in [3.8, 4) is 17.6 Å². The van der Waals surface area contributed by atoms with Gasteiger partial charge in [0.2, 0.25) is 0 Å². The molecule has 0 spiro atoms. The molecule has 0 aliphatic rings. The van der Waals surface area contributed by atoms with E-state index in [1.165, 1.54) is 0 Å². The lowest BCUT2D eigenvalue weighted by molar-refractivity contribution is 0.481. The summed E-state index contributed by atoms with van der Waals surface area (Å²) < 4.78 is 5.75. The largest absolute Gasteiger partial charge is 0.457 e. The predicted octanol–water partition coefficient (Wildman–Crippen LogP) is 3.24. The second kappa shape index (κ2) is 6.03. The molecule has 0 bridgehead atoms. The summed E-state index contributed by atoms with van der Waals surface area (Å²) in [5.41, 5.74) is 7.56. The summed E-state index contributed by atoms with van der Waals surface area (Å²) in [6.45, 7) is 1.98. The van der Waals surface area contributed by atoms with Crippen molar-refractivity contribution in [2.24, 2.45) is 5.73 Å². The van der Waals surface area contributed by atoms with Crippen LogP contribution in [0.25, 0.3) is 0 Å². The van der Waals surface area contributed by atoms with Crippen molar-refractivity contribution in [3.05, 3.63) is 59.7 Å². The van der Waals surface area contributed by atoms with Crippen molar-refractivity contribution in [3.63, 3.8) is 0 Å². The molecule has 0 amide bonds. The standard InChI is InChI=1S/C16H16N2O/c1-12(18)9-14-3-2-4-16(10-14)19-15-7-5-13(11-17)6-8-15/h2-8,10,12H,9,18H2,1H3. The van der Waals surface area contributed by atoms with Crippen LogP contribution < -0.4 is 10.5 Å². The number of nitrogens with two attached hydrogens (primary N) is 1. The summed E-state index contributed by atoms with van der Waals surface area (Å²) in [7, 11) is 0. The highest BCUT2D eigenvalue weighted by Crippen LogP contribution is 2.22. The Labute approximate surface area is 113 Å². The SMILES string of the molecule is CC(N)Cc1cccc(Oc2ccc(C#N)cc2)c1. The molecule has 19 heavy (non-hydrogen) atoms. The molecule has 0 aliphatic heterocycles. The Morgan fingerprint density at radius 1 is 1.16 bits per heavy atom. The second-order valence-corrected chi connectivity index (χ2v) is 4.57. The van der Waals surface area contributed by atoms with Crippen molar-refractivity contribution in [1.82, 2.24) is 0 Å². The van der Waals surface area contributed by atoms with E-state index in [-0.39, 0.29) is 6.04 Å². The summed E-state index contributed by atoms with van der Waals surface area (Å²) in [5.74, 6) is 1.50. The number of ether oxygens (including phenoxy) is 1. The third kappa shape index (κ3) is 3.84. The van der Waals surface area contributed by atoms with E-state index in [4.69, 9.17) is 15.7 Å². The fraction of sp³-hybridized carbons (Fsp3) is 0.188. The average Bonchev–Trinajstić information content (AvgIpc) is 2.39. The van der Waals surface area contributed by atoms with Gasteiger partial charge in [0.15, 0.2) is 0 Å². The molecule has 0 aliphatic carbocycles. The van der Waals surface area contributed by atoms with E-state index in [0.717, 1.165) is 23.5 Å². The minimum absolute atomic E-state index is 0.130. The van der Waals surface area contributed by atoms with Crippen molar-refractivity contribution in [2.45, 2.75) is 19.4 Å². The monoisotopic (exact) mass is 252 g/mol. The van der Waals surface area contributed by atoms with Gasteiger partial charge in [0.25, 0.3) is 0 Å². The van der Waals surface area contributed by atoms with Crippen molar-refractivity contribution in [1.29, 1.82) is 5.26 Å². The molecule has 1 atom stereocenters. The first-order chi connectivity index (χ1) is 9.17. The van der Waals surface area contributed by atoms with Crippen LogP contribution in [0.1, 0.15) is 18.1 Å². The van der Waals surface area contributed by atoms with Crippen molar-refractivity contribution < 1.29 is 4.74 Å². The predicted molar refractivity (Wildman–Crippen MR) is 75.0 cm³/mol. The smallest absolute Gasteiger partial charge is 0.127 e. The maximum absolute atomic E-state index is 8.74. The topological polar surface area (TPSA) is 59.0 Å². The van der Waals surface area contributed by atoms with Crippen molar-refractivity contribution >= 4 is 0 Å². The summed E-state index contributed by atoms with van der Waals surface area (Å²) in [6.07, 6.45) is 0.824. The lowest BCUT2D eigenvalue weighted by Gasteiger charge is -2.09. The van der Waals surface area contributed by atoms with Crippen LogP contribution in [0.4, 0.5) is 0 Å². The van der Waals surface area contributed by atoms with Gasteiger partial charge in [-0.1, -0.05) is 12.1 Å². The molecule has 0 fully saturated rings. The van der Waals surface area contributed by atoms with Crippen LogP contribution >= 0.6 is 0 Å². The first kappa shape index (κ1) is 13.1. The molecule has 0 radical (unpaired) electrons. The van der Waals surface area contributed by atoms with Gasteiger partial charge in [-0.25, -0.2) is 0 Å². The molecule has 0 saturated carbocycles. The molecular weight excluding hydrogens is 236 g/mol. The first-order valence-corrected chi connectivity index (χ1v) is 6.20. The van der Waals surface area contributed by atoms with Crippen LogP contribution in [0.2, 0.25) is 0 Å². The quantitative estimate of drug-likeness (QED) is 0.908. The molecule has 3 nitrogen and oxygen atoms in total. The average molecular weight is 252 g/mol. The van der Waals surface area contributed by atoms with Gasteiger partial charge >= 0.3 is 0 Å². The molecule has 0 saturated heterocycles. The van der Waals surface area contributed by atoms with Gasteiger partial charge in [0.1, 0.15) is 11.5 Å². The Morgan fingerprint density at radius 2 is 1.89 bits per heavy atom. The number of hydrogen-bond acceptors (Lipinski definition) is 3. The fourth-order valence-electron chi connectivity index (χ4n) is 1.84. The van der Waals surface area contributed by atoms with Gasteiger partial charge in [-0.15, -0.1) is 0 Å². The van der Waals surface area contributed by atoms with Crippen LogP contribution in [0.3, 0.4) is 0 Å². The summed E-state index contributed by atoms with van der Waals surface area (Å²) in [6, 6.07) is 17.1. The summed E-state index contributed by atoms with van der Waals surface area (Å²) >= 11 is 0. The Kier molecular flexibility index (Phi) is 4.17. The van der Waals surface area contributed by atoms with Gasteiger partial charge in [-0.05, 0) is 55.3 Å². The molecular formula is C16H16N2O. The van der Waals surface area contributed by atoms with E-state index >= 15 is 0 Å². The molecule has 0 aromatic heterocycles. The Morgan fingerprint density at radius 3 is 2.53 bits per heavy atom. The molecule has 96 valence electrons. The molecule has 1 unspecified atom stereocenters. The fourth-order valence-corrected chi connectivity index (χ4v) is 1.84. The highest BCUT2D eigenvalue weighted by molar-refractivity contribution is 5.38. The third-order valence-electron chi connectivity index (χ3n) is 2.68. The zero-order valence-electron chi connectivity index (χ0n) is 10.8. The van der Waals surface area contributed by atoms with E-state index < -0.39 is 0 Å². The Hall–Kier alpha value is -2.31. The zero-order valence-corrected chi connectivity index (χ0v) is 10.8. The van der Waals surface area contributed by atoms with E-state index in [1.54, 1.807) is 24.3 Å². The van der Waals surface area contributed by atoms with Gasteiger partial charge in [0, 0.05) is 6.04 Å². The highest BCUT2D eigenvalue weighted by Gasteiger charge is 2.02. The van der Waals surface area contributed by atoms with E-state index in [0.29, 0.717) is 5.56 Å². The second-order valence-electron chi connectivity index (χ2n) is 4.57. The van der Waals surface area contributed by atoms with Gasteiger partial charge < -0.3 is 10.5 Å².